The van der Waals surface area contributed by atoms with Crippen molar-refractivity contribution in [1.82, 2.24) is 10.6 Å². The highest BCUT2D eigenvalue weighted by Crippen LogP contribution is 2.06. The molecule has 1 atom stereocenters. The maximum Gasteiger partial charge on any atom is 0.314 e. The van der Waals surface area contributed by atoms with E-state index < -0.39 is 0 Å². The maximum absolute atomic E-state index is 10.7. The van der Waals surface area contributed by atoms with Crippen molar-refractivity contribution in [1.29, 1.82) is 0 Å². The Hall–Kier alpha value is -0.730. The van der Waals surface area contributed by atoms with Crippen molar-refractivity contribution in [2.45, 2.75) is 19.8 Å². The van der Waals surface area contributed by atoms with Gasteiger partial charge in [-0.1, -0.05) is 13.3 Å². The number of urea groups is 1. The Bertz CT molecular complexity index is 125. The second kappa shape index (κ2) is 3.44. The van der Waals surface area contributed by atoms with Crippen LogP contribution in [-0.4, -0.2) is 19.1 Å². The Morgan fingerprint density at radius 2 is 2.40 bits per heavy atom. The second-order valence-electron chi connectivity index (χ2n) is 2.70. The third kappa shape index (κ3) is 1.90. The molecule has 0 aliphatic carbocycles. The molecule has 3 nitrogen and oxygen atoms in total. The van der Waals surface area contributed by atoms with Gasteiger partial charge in [0, 0.05) is 13.1 Å². The van der Waals surface area contributed by atoms with Crippen LogP contribution in [-0.2, 0) is 0 Å². The van der Waals surface area contributed by atoms with Gasteiger partial charge in [0.15, 0.2) is 0 Å². The highest BCUT2D eigenvalue weighted by Gasteiger charge is 2.12. The van der Waals surface area contributed by atoms with Gasteiger partial charge >= 0.3 is 6.03 Å². The summed E-state index contributed by atoms with van der Waals surface area (Å²) in [6.45, 7) is 3.81. The summed E-state index contributed by atoms with van der Waals surface area (Å²) in [6.07, 6.45) is 2.26. The summed E-state index contributed by atoms with van der Waals surface area (Å²) in [5.41, 5.74) is 0. The highest BCUT2D eigenvalue weighted by molar-refractivity contribution is 5.73. The molecule has 10 heavy (non-hydrogen) atoms. The summed E-state index contributed by atoms with van der Waals surface area (Å²) >= 11 is 0. The van der Waals surface area contributed by atoms with Crippen molar-refractivity contribution in [3.63, 3.8) is 0 Å². The lowest BCUT2D eigenvalue weighted by atomic mass is 10.0. The Morgan fingerprint density at radius 3 is 3.10 bits per heavy atom. The van der Waals surface area contributed by atoms with Crippen LogP contribution in [0, 0.1) is 5.92 Å². The zero-order valence-corrected chi connectivity index (χ0v) is 6.31. The summed E-state index contributed by atoms with van der Waals surface area (Å²) in [5, 5.41) is 5.55. The topological polar surface area (TPSA) is 41.1 Å². The Morgan fingerprint density at radius 1 is 1.60 bits per heavy atom. The number of amides is 2. The van der Waals surface area contributed by atoms with E-state index in [1.807, 2.05) is 0 Å². The van der Waals surface area contributed by atoms with E-state index in [2.05, 4.69) is 17.6 Å². The molecule has 0 saturated carbocycles. The number of rotatable bonds is 1. The van der Waals surface area contributed by atoms with E-state index in [9.17, 15) is 4.79 Å². The summed E-state index contributed by atoms with van der Waals surface area (Å²) in [5.74, 6) is 0.666. The molecule has 1 aliphatic heterocycles. The fourth-order valence-electron chi connectivity index (χ4n) is 1.14. The summed E-state index contributed by atoms with van der Waals surface area (Å²) < 4.78 is 0. The molecule has 0 aromatic rings. The van der Waals surface area contributed by atoms with E-state index in [4.69, 9.17) is 0 Å². The van der Waals surface area contributed by atoms with Gasteiger partial charge in [-0.15, -0.1) is 0 Å². The minimum Gasteiger partial charge on any atom is -0.338 e. The van der Waals surface area contributed by atoms with E-state index in [1.165, 1.54) is 0 Å². The van der Waals surface area contributed by atoms with Gasteiger partial charge in [0.2, 0.25) is 0 Å². The lowest BCUT2D eigenvalue weighted by molar-refractivity contribution is 0.242. The number of carbonyl (C=O) groups is 1. The molecule has 1 rings (SSSR count). The minimum atomic E-state index is -0.0176. The van der Waals surface area contributed by atoms with Crippen LogP contribution in [0.4, 0.5) is 4.79 Å². The van der Waals surface area contributed by atoms with Crippen molar-refractivity contribution < 1.29 is 4.79 Å². The van der Waals surface area contributed by atoms with Crippen LogP contribution in [0.2, 0.25) is 0 Å². The largest absolute Gasteiger partial charge is 0.338 e. The Balaban J connectivity index is 2.33. The quantitative estimate of drug-likeness (QED) is 0.556. The Labute approximate surface area is 61.2 Å². The van der Waals surface area contributed by atoms with Crippen molar-refractivity contribution in [3.8, 4) is 0 Å². The molecule has 1 saturated heterocycles. The molecule has 3 heteroatoms. The SMILES string of the molecule is CCC1CCNC(=O)NC1. The van der Waals surface area contributed by atoms with Crippen molar-refractivity contribution in [2.24, 2.45) is 5.92 Å². The van der Waals surface area contributed by atoms with Crippen molar-refractivity contribution >= 4 is 6.03 Å². The normalized spacial score (nSPS) is 26.5. The zero-order valence-electron chi connectivity index (χ0n) is 6.31. The van der Waals surface area contributed by atoms with Gasteiger partial charge in [0.1, 0.15) is 0 Å². The molecule has 2 amide bonds. The van der Waals surface area contributed by atoms with Gasteiger partial charge in [-0.3, -0.25) is 0 Å². The molecule has 0 spiro atoms. The van der Waals surface area contributed by atoms with Gasteiger partial charge in [0.05, 0.1) is 0 Å². The third-order valence-electron chi connectivity index (χ3n) is 1.97. The van der Waals surface area contributed by atoms with Gasteiger partial charge in [-0.2, -0.15) is 0 Å². The van der Waals surface area contributed by atoms with Crippen LogP contribution in [0.15, 0.2) is 0 Å². The number of hydrogen-bond acceptors (Lipinski definition) is 1. The van der Waals surface area contributed by atoms with Crippen molar-refractivity contribution in [3.05, 3.63) is 0 Å². The first kappa shape index (κ1) is 7.38. The fourth-order valence-corrected chi connectivity index (χ4v) is 1.14. The van der Waals surface area contributed by atoms with Crippen LogP contribution in [0.3, 0.4) is 0 Å². The first-order chi connectivity index (χ1) is 4.83. The predicted octanol–water partition coefficient (Wildman–Crippen LogP) is 0.715. The molecule has 2 N–H and O–H groups in total. The van der Waals surface area contributed by atoms with E-state index >= 15 is 0 Å². The smallest absolute Gasteiger partial charge is 0.314 e. The molecule has 0 bridgehead atoms. The molecule has 1 fully saturated rings. The van der Waals surface area contributed by atoms with Crippen LogP contribution in [0.1, 0.15) is 19.8 Å². The molecular weight excluding hydrogens is 128 g/mol. The predicted molar refractivity (Wildman–Crippen MR) is 39.8 cm³/mol. The Kier molecular flexibility index (Phi) is 2.54. The average Bonchev–Trinajstić information content (AvgIpc) is 2.14. The second-order valence-corrected chi connectivity index (χ2v) is 2.70. The molecule has 58 valence electrons. The van der Waals surface area contributed by atoms with Crippen LogP contribution < -0.4 is 10.6 Å². The average molecular weight is 142 g/mol. The molecule has 0 aromatic carbocycles. The summed E-state index contributed by atoms with van der Waals surface area (Å²) in [6, 6.07) is -0.0176. The number of nitrogens with one attached hydrogen (secondary N) is 2. The molecule has 0 radical (unpaired) electrons. The van der Waals surface area contributed by atoms with E-state index in [1.54, 1.807) is 0 Å². The third-order valence-corrected chi connectivity index (χ3v) is 1.97. The van der Waals surface area contributed by atoms with Gasteiger partial charge in [0.25, 0.3) is 0 Å². The molecule has 1 aliphatic rings. The monoisotopic (exact) mass is 142 g/mol. The highest BCUT2D eigenvalue weighted by atomic mass is 16.2. The van der Waals surface area contributed by atoms with Crippen LogP contribution >= 0.6 is 0 Å². The maximum atomic E-state index is 10.7. The van der Waals surface area contributed by atoms with E-state index in [0.29, 0.717) is 5.92 Å². The lowest BCUT2D eigenvalue weighted by Crippen LogP contribution is -2.33. The zero-order chi connectivity index (χ0) is 7.40. The van der Waals surface area contributed by atoms with E-state index in [-0.39, 0.29) is 6.03 Å². The van der Waals surface area contributed by atoms with Gasteiger partial charge in [-0.05, 0) is 12.3 Å². The lowest BCUT2D eigenvalue weighted by Gasteiger charge is -2.08. The molecular formula is C7H14N2O. The number of hydrogen-bond donors (Lipinski definition) is 2. The summed E-state index contributed by atoms with van der Waals surface area (Å²) in [7, 11) is 0. The number of carbonyl (C=O) groups excluding carboxylic acids is 1. The first-order valence-electron chi connectivity index (χ1n) is 3.84. The summed E-state index contributed by atoms with van der Waals surface area (Å²) in [4.78, 5) is 10.7. The van der Waals surface area contributed by atoms with E-state index in [0.717, 1.165) is 25.9 Å². The molecule has 0 aromatic heterocycles. The molecule has 1 unspecified atom stereocenters. The van der Waals surface area contributed by atoms with Crippen LogP contribution in [0.25, 0.3) is 0 Å². The van der Waals surface area contributed by atoms with Gasteiger partial charge in [-0.25, -0.2) is 4.79 Å². The van der Waals surface area contributed by atoms with Crippen LogP contribution in [0.5, 0.6) is 0 Å². The fraction of sp³-hybridized carbons (Fsp3) is 0.857. The standard InChI is InChI=1S/C7H14N2O/c1-2-6-3-4-8-7(10)9-5-6/h6H,2-5H2,1H3,(H2,8,9,10). The van der Waals surface area contributed by atoms with Gasteiger partial charge < -0.3 is 10.6 Å². The minimum absolute atomic E-state index is 0.0176. The first-order valence-corrected chi connectivity index (χ1v) is 3.84. The molecule has 1 heterocycles. The van der Waals surface area contributed by atoms with Crippen molar-refractivity contribution in [2.75, 3.05) is 13.1 Å².